The predicted molar refractivity (Wildman–Crippen MR) is 55.7 cm³/mol. The minimum Gasteiger partial charge on any atom is -0.330 e. The van der Waals surface area contributed by atoms with Crippen molar-refractivity contribution >= 4 is 5.78 Å². The molecular formula is C10H22N2O. The van der Waals surface area contributed by atoms with Crippen molar-refractivity contribution in [1.29, 1.82) is 0 Å². The van der Waals surface area contributed by atoms with Crippen molar-refractivity contribution in [3.8, 4) is 0 Å². The molecule has 0 spiro atoms. The maximum Gasteiger partial charge on any atom is 0.143 e. The van der Waals surface area contributed by atoms with Gasteiger partial charge in [-0.2, -0.15) is 0 Å². The molecule has 3 nitrogen and oxygen atoms in total. The first-order valence-electron chi connectivity index (χ1n) is 5.01. The Hall–Kier alpha value is -0.410. The molecule has 0 saturated carbocycles. The van der Waals surface area contributed by atoms with Crippen molar-refractivity contribution in [3.05, 3.63) is 0 Å². The van der Waals surface area contributed by atoms with E-state index in [0.717, 1.165) is 25.9 Å². The molecule has 0 aromatic carbocycles. The van der Waals surface area contributed by atoms with Crippen LogP contribution in [-0.2, 0) is 4.79 Å². The Labute approximate surface area is 81.3 Å². The van der Waals surface area contributed by atoms with Crippen LogP contribution < -0.4 is 5.73 Å². The Morgan fingerprint density at radius 2 is 2.00 bits per heavy atom. The van der Waals surface area contributed by atoms with Gasteiger partial charge in [0.1, 0.15) is 5.78 Å². The lowest BCUT2D eigenvalue weighted by atomic mass is 10.2. The summed E-state index contributed by atoms with van der Waals surface area (Å²) in [5.74, 6) is 0.237. The second kappa shape index (κ2) is 7.04. The second-order valence-electron chi connectivity index (χ2n) is 3.76. The highest BCUT2D eigenvalue weighted by atomic mass is 16.1. The first-order chi connectivity index (χ1) is 6.07. The third-order valence-electron chi connectivity index (χ3n) is 2.06. The topological polar surface area (TPSA) is 46.3 Å². The van der Waals surface area contributed by atoms with E-state index in [1.807, 2.05) is 0 Å². The molecule has 0 aliphatic heterocycles. The summed E-state index contributed by atoms with van der Waals surface area (Å²) in [7, 11) is 0. The fraction of sp³-hybridized carbons (Fsp3) is 0.900. The fourth-order valence-electron chi connectivity index (χ4n) is 1.27. The number of hydrogen-bond acceptors (Lipinski definition) is 3. The van der Waals surface area contributed by atoms with Crippen LogP contribution in [0.1, 0.15) is 33.6 Å². The Balaban J connectivity index is 3.74. The molecule has 0 fully saturated rings. The van der Waals surface area contributed by atoms with Crippen LogP contribution in [0.25, 0.3) is 0 Å². The molecule has 0 amide bonds. The van der Waals surface area contributed by atoms with E-state index < -0.39 is 0 Å². The third kappa shape index (κ3) is 6.72. The zero-order chi connectivity index (χ0) is 10.3. The maximum absolute atomic E-state index is 10.9. The molecule has 0 aromatic heterocycles. The predicted octanol–water partition coefficient (Wildman–Crippen LogP) is 1.02. The number of Topliss-reactive ketones (excluding diaryl/α,β-unsaturated/α-hetero) is 1. The Bertz CT molecular complexity index is 146. The number of nitrogens with zero attached hydrogens (tertiary/aromatic N) is 1. The zero-order valence-electron chi connectivity index (χ0n) is 9.05. The van der Waals surface area contributed by atoms with Gasteiger partial charge in [-0.3, -0.25) is 9.69 Å². The first kappa shape index (κ1) is 12.6. The molecule has 0 bridgehead atoms. The summed E-state index contributed by atoms with van der Waals surface area (Å²) in [6.07, 6.45) is 2.13. The van der Waals surface area contributed by atoms with Crippen LogP contribution in [0.2, 0.25) is 0 Å². The zero-order valence-corrected chi connectivity index (χ0v) is 9.05. The van der Waals surface area contributed by atoms with Gasteiger partial charge in [-0.05, 0) is 46.7 Å². The molecule has 0 heterocycles. The van der Waals surface area contributed by atoms with Crippen molar-refractivity contribution in [1.82, 2.24) is 4.90 Å². The van der Waals surface area contributed by atoms with Crippen molar-refractivity contribution in [2.75, 3.05) is 19.6 Å². The van der Waals surface area contributed by atoms with E-state index in [-0.39, 0.29) is 5.78 Å². The van der Waals surface area contributed by atoms with Gasteiger partial charge in [-0.1, -0.05) is 0 Å². The van der Waals surface area contributed by atoms with Crippen LogP contribution in [0.5, 0.6) is 0 Å². The second-order valence-corrected chi connectivity index (χ2v) is 3.76. The van der Waals surface area contributed by atoms with E-state index in [2.05, 4.69) is 18.7 Å². The van der Waals surface area contributed by atoms with E-state index in [0.29, 0.717) is 12.6 Å². The van der Waals surface area contributed by atoms with Gasteiger partial charge < -0.3 is 5.73 Å². The molecule has 0 rings (SSSR count). The molecule has 0 saturated heterocycles. The Morgan fingerprint density at radius 3 is 2.38 bits per heavy atom. The Morgan fingerprint density at radius 1 is 1.38 bits per heavy atom. The highest BCUT2D eigenvalue weighted by molar-refractivity contribution is 5.77. The lowest BCUT2D eigenvalue weighted by molar-refractivity contribution is -0.118. The molecule has 13 heavy (non-hydrogen) atoms. The lowest BCUT2D eigenvalue weighted by Crippen LogP contribution is -2.35. The molecule has 0 unspecified atom stereocenters. The number of ketones is 1. The monoisotopic (exact) mass is 186 g/mol. The van der Waals surface area contributed by atoms with Crippen LogP contribution in [-0.4, -0.2) is 36.4 Å². The van der Waals surface area contributed by atoms with E-state index in [1.54, 1.807) is 6.92 Å². The van der Waals surface area contributed by atoms with Gasteiger partial charge in [0.15, 0.2) is 0 Å². The summed E-state index contributed by atoms with van der Waals surface area (Å²) in [4.78, 5) is 13.1. The average molecular weight is 186 g/mol. The van der Waals surface area contributed by atoms with E-state index in [4.69, 9.17) is 5.73 Å². The molecular weight excluding hydrogens is 164 g/mol. The van der Waals surface area contributed by atoms with Gasteiger partial charge in [0.05, 0.1) is 6.54 Å². The average Bonchev–Trinajstić information content (AvgIpc) is 2.02. The summed E-state index contributed by atoms with van der Waals surface area (Å²) >= 11 is 0. The van der Waals surface area contributed by atoms with E-state index in [9.17, 15) is 4.79 Å². The van der Waals surface area contributed by atoms with Crippen molar-refractivity contribution < 1.29 is 4.79 Å². The quantitative estimate of drug-likeness (QED) is 0.604. The smallest absolute Gasteiger partial charge is 0.143 e. The van der Waals surface area contributed by atoms with Crippen LogP contribution in [0.15, 0.2) is 0 Å². The number of carbonyl (C=O) groups is 1. The van der Waals surface area contributed by atoms with Crippen LogP contribution in [0.4, 0.5) is 0 Å². The first-order valence-corrected chi connectivity index (χ1v) is 5.01. The van der Waals surface area contributed by atoms with Gasteiger partial charge in [-0.15, -0.1) is 0 Å². The summed E-state index contributed by atoms with van der Waals surface area (Å²) in [5.41, 5.74) is 5.41. The number of nitrogens with two attached hydrogens (primary N) is 1. The minimum absolute atomic E-state index is 0.237. The number of carbonyl (C=O) groups excluding carboxylic acids is 1. The summed E-state index contributed by atoms with van der Waals surface area (Å²) in [6, 6.07) is 0.446. The molecule has 2 N–H and O–H groups in total. The molecule has 3 heteroatoms. The van der Waals surface area contributed by atoms with E-state index in [1.165, 1.54) is 0 Å². The van der Waals surface area contributed by atoms with E-state index >= 15 is 0 Å². The van der Waals surface area contributed by atoms with Gasteiger partial charge in [-0.25, -0.2) is 0 Å². The largest absolute Gasteiger partial charge is 0.330 e. The molecule has 0 atom stereocenters. The van der Waals surface area contributed by atoms with Crippen LogP contribution in [0, 0.1) is 0 Å². The SMILES string of the molecule is CC(=O)CN(CCCCN)C(C)C. The van der Waals surface area contributed by atoms with Gasteiger partial charge in [0.25, 0.3) is 0 Å². The molecule has 0 aliphatic carbocycles. The lowest BCUT2D eigenvalue weighted by Gasteiger charge is -2.24. The fourth-order valence-corrected chi connectivity index (χ4v) is 1.27. The molecule has 78 valence electrons. The van der Waals surface area contributed by atoms with Gasteiger partial charge >= 0.3 is 0 Å². The maximum atomic E-state index is 10.9. The standard InChI is InChI=1S/C10H22N2O/c1-9(2)12(8-10(3)13)7-5-4-6-11/h9H,4-8,11H2,1-3H3. The minimum atomic E-state index is 0.237. The summed E-state index contributed by atoms with van der Waals surface area (Å²) < 4.78 is 0. The highest BCUT2D eigenvalue weighted by Gasteiger charge is 2.10. The number of hydrogen-bond donors (Lipinski definition) is 1. The molecule has 0 aromatic rings. The number of rotatable bonds is 7. The van der Waals surface area contributed by atoms with Crippen molar-refractivity contribution in [2.24, 2.45) is 5.73 Å². The Kier molecular flexibility index (Phi) is 6.82. The highest BCUT2D eigenvalue weighted by Crippen LogP contribution is 2.00. The summed E-state index contributed by atoms with van der Waals surface area (Å²) in [5, 5.41) is 0. The van der Waals surface area contributed by atoms with Crippen molar-refractivity contribution in [2.45, 2.75) is 39.7 Å². The summed E-state index contributed by atoms with van der Waals surface area (Å²) in [6.45, 7) is 8.16. The molecule has 0 radical (unpaired) electrons. The van der Waals surface area contributed by atoms with Crippen LogP contribution in [0.3, 0.4) is 0 Å². The van der Waals surface area contributed by atoms with Gasteiger partial charge in [0.2, 0.25) is 0 Å². The van der Waals surface area contributed by atoms with Crippen LogP contribution >= 0.6 is 0 Å². The van der Waals surface area contributed by atoms with Crippen molar-refractivity contribution in [3.63, 3.8) is 0 Å². The normalized spacial score (nSPS) is 11.2. The molecule has 0 aliphatic rings. The number of unbranched alkanes of at least 4 members (excludes halogenated alkanes) is 1. The van der Waals surface area contributed by atoms with Gasteiger partial charge in [0, 0.05) is 6.04 Å². The third-order valence-corrected chi connectivity index (χ3v) is 2.06.